The quantitative estimate of drug-likeness (QED) is 0.705. The Morgan fingerprint density at radius 1 is 1.40 bits per heavy atom. The Balaban J connectivity index is 2.39. The fourth-order valence-electron chi connectivity index (χ4n) is 2.10. The van der Waals surface area contributed by atoms with Gasteiger partial charge in [-0.15, -0.1) is 0 Å². The molecule has 1 heterocycles. The lowest BCUT2D eigenvalue weighted by Gasteiger charge is -2.27. The van der Waals surface area contributed by atoms with Crippen molar-refractivity contribution >= 4 is 11.4 Å². The highest BCUT2D eigenvalue weighted by Gasteiger charge is 2.25. The summed E-state index contributed by atoms with van der Waals surface area (Å²) in [6, 6.07) is 4.90. The van der Waals surface area contributed by atoms with Crippen LogP contribution < -0.4 is 10.2 Å². The van der Waals surface area contributed by atoms with Crippen molar-refractivity contribution < 1.29 is 4.39 Å². The molecule has 0 aromatic heterocycles. The highest BCUT2D eigenvalue weighted by atomic mass is 19.1. The summed E-state index contributed by atoms with van der Waals surface area (Å²) in [4.78, 5) is 2.18. The lowest BCUT2D eigenvalue weighted by Crippen LogP contribution is -2.33. The first-order valence-corrected chi connectivity index (χ1v) is 5.22. The summed E-state index contributed by atoms with van der Waals surface area (Å²) in [7, 11) is 2.05. The number of hydrogen-bond acceptors (Lipinski definition) is 2. The molecule has 0 amide bonds. The first kappa shape index (κ1) is 10.3. The number of rotatable bonds is 0. The van der Waals surface area contributed by atoms with Crippen molar-refractivity contribution in [2.24, 2.45) is 5.41 Å². The largest absolute Gasteiger partial charge is 0.383 e. The average molecular weight is 208 g/mol. The summed E-state index contributed by atoms with van der Waals surface area (Å²) in [5.41, 5.74) is 2.16. The zero-order valence-electron chi connectivity index (χ0n) is 9.47. The van der Waals surface area contributed by atoms with E-state index >= 15 is 0 Å². The molecule has 0 radical (unpaired) electrons. The van der Waals surface area contributed by atoms with Crippen LogP contribution in [-0.2, 0) is 0 Å². The number of hydrogen-bond donors (Lipinski definition) is 1. The molecule has 2 rings (SSSR count). The van der Waals surface area contributed by atoms with Crippen LogP contribution in [0.1, 0.15) is 13.8 Å². The Bertz CT molecular complexity index is 374. The van der Waals surface area contributed by atoms with Crippen molar-refractivity contribution in [2.75, 3.05) is 30.4 Å². The number of fused-ring (bicyclic) bond motifs is 1. The number of halogens is 1. The van der Waals surface area contributed by atoms with E-state index in [1.165, 1.54) is 6.07 Å². The maximum atomic E-state index is 13.1. The molecule has 1 aliphatic rings. The summed E-state index contributed by atoms with van der Waals surface area (Å²) in [5, 5.41) is 3.30. The Labute approximate surface area is 90.1 Å². The van der Waals surface area contributed by atoms with Gasteiger partial charge in [0.25, 0.3) is 0 Å². The third kappa shape index (κ3) is 2.06. The van der Waals surface area contributed by atoms with E-state index in [0.717, 1.165) is 24.5 Å². The number of nitrogens with zero attached hydrogens (tertiary/aromatic N) is 1. The lowest BCUT2D eigenvalue weighted by atomic mass is 9.93. The molecule has 0 aliphatic carbocycles. The maximum absolute atomic E-state index is 13.1. The second kappa shape index (κ2) is 3.40. The molecule has 1 N–H and O–H groups in total. The van der Waals surface area contributed by atoms with E-state index in [9.17, 15) is 4.39 Å². The molecule has 0 saturated carbocycles. The molecule has 3 heteroatoms. The Morgan fingerprint density at radius 3 is 2.87 bits per heavy atom. The van der Waals surface area contributed by atoms with Crippen LogP contribution in [0.2, 0.25) is 0 Å². The van der Waals surface area contributed by atoms with E-state index in [0.29, 0.717) is 0 Å². The third-order valence-corrected chi connectivity index (χ3v) is 2.79. The molecule has 15 heavy (non-hydrogen) atoms. The molecular weight excluding hydrogens is 191 g/mol. The van der Waals surface area contributed by atoms with Crippen LogP contribution in [0, 0.1) is 11.2 Å². The van der Waals surface area contributed by atoms with Crippen LogP contribution in [0.25, 0.3) is 0 Å². The molecule has 0 unspecified atom stereocenters. The van der Waals surface area contributed by atoms with Gasteiger partial charge in [-0.2, -0.15) is 0 Å². The van der Waals surface area contributed by atoms with Gasteiger partial charge in [0.05, 0.1) is 11.4 Å². The second-order valence-corrected chi connectivity index (χ2v) is 5.04. The first-order valence-electron chi connectivity index (χ1n) is 5.22. The molecule has 0 spiro atoms. The zero-order valence-corrected chi connectivity index (χ0v) is 9.47. The van der Waals surface area contributed by atoms with E-state index in [4.69, 9.17) is 0 Å². The van der Waals surface area contributed by atoms with Gasteiger partial charge in [0.15, 0.2) is 0 Å². The van der Waals surface area contributed by atoms with Crippen molar-refractivity contribution in [1.82, 2.24) is 0 Å². The average Bonchev–Trinajstić information content (AvgIpc) is 2.23. The summed E-state index contributed by atoms with van der Waals surface area (Å²) < 4.78 is 13.1. The molecular formula is C12H17FN2. The summed E-state index contributed by atoms with van der Waals surface area (Å²) in [5.74, 6) is -0.186. The molecule has 1 aromatic rings. The van der Waals surface area contributed by atoms with Crippen LogP contribution in [0.5, 0.6) is 0 Å². The van der Waals surface area contributed by atoms with Gasteiger partial charge in [0, 0.05) is 20.1 Å². The minimum absolute atomic E-state index is 0.186. The van der Waals surface area contributed by atoms with Gasteiger partial charge < -0.3 is 10.2 Å². The molecule has 82 valence electrons. The fourth-order valence-corrected chi connectivity index (χ4v) is 2.10. The van der Waals surface area contributed by atoms with Gasteiger partial charge in [-0.05, 0) is 23.6 Å². The summed E-state index contributed by atoms with van der Waals surface area (Å²) in [6.45, 7) is 6.25. The predicted octanol–water partition coefficient (Wildman–Crippen LogP) is 2.71. The van der Waals surface area contributed by atoms with Crippen molar-refractivity contribution in [2.45, 2.75) is 13.8 Å². The zero-order chi connectivity index (χ0) is 11.1. The molecule has 0 atom stereocenters. The normalized spacial score (nSPS) is 19.1. The monoisotopic (exact) mass is 208 g/mol. The lowest BCUT2D eigenvalue weighted by molar-refractivity contribution is 0.403. The van der Waals surface area contributed by atoms with Gasteiger partial charge in [0.1, 0.15) is 5.82 Å². The van der Waals surface area contributed by atoms with E-state index in [1.807, 2.05) is 13.1 Å². The van der Waals surface area contributed by atoms with Crippen LogP contribution in [-0.4, -0.2) is 20.1 Å². The molecule has 1 aromatic carbocycles. The first-order chi connectivity index (χ1) is 6.98. The van der Waals surface area contributed by atoms with E-state index < -0.39 is 0 Å². The SMILES string of the molecule is CN1CC(C)(C)CNc2cc(F)ccc21. The van der Waals surface area contributed by atoms with Crippen LogP contribution in [0.3, 0.4) is 0 Å². The number of benzene rings is 1. The summed E-state index contributed by atoms with van der Waals surface area (Å²) >= 11 is 0. The minimum atomic E-state index is -0.186. The smallest absolute Gasteiger partial charge is 0.125 e. The topological polar surface area (TPSA) is 15.3 Å². The van der Waals surface area contributed by atoms with Gasteiger partial charge in [-0.1, -0.05) is 13.8 Å². The van der Waals surface area contributed by atoms with Gasteiger partial charge in [-0.3, -0.25) is 0 Å². The van der Waals surface area contributed by atoms with Crippen molar-refractivity contribution in [1.29, 1.82) is 0 Å². The van der Waals surface area contributed by atoms with Gasteiger partial charge in [0.2, 0.25) is 0 Å². The van der Waals surface area contributed by atoms with Crippen molar-refractivity contribution in [3.8, 4) is 0 Å². The number of nitrogens with one attached hydrogen (secondary N) is 1. The minimum Gasteiger partial charge on any atom is -0.383 e. The highest BCUT2D eigenvalue weighted by molar-refractivity contribution is 5.70. The van der Waals surface area contributed by atoms with Crippen molar-refractivity contribution in [3.63, 3.8) is 0 Å². The Kier molecular flexibility index (Phi) is 2.33. The molecule has 0 fully saturated rings. The van der Waals surface area contributed by atoms with Gasteiger partial charge in [-0.25, -0.2) is 4.39 Å². The van der Waals surface area contributed by atoms with Crippen LogP contribution in [0.4, 0.5) is 15.8 Å². The third-order valence-electron chi connectivity index (χ3n) is 2.79. The molecule has 2 nitrogen and oxygen atoms in total. The Hall–Kier alpha value is -1.25. The standard InChI is InChI=1S/C12H17FN2/c1-12(2)7-14-10-6-9(13)4-5-11(10)15(3)8-12/h4-6,14H,7-8H2,1-3H3. The van der Waals surface area contributed by atoms with Crippen molar-refractivity contribution in [3.05, 3.63) is 24.0 Å². The summed E-state index contributed by atoms with van der Waals surface area (Å²) in [6.07, 6.45) is 0. The van der Waals surface area contributed by atoms with E-state index in [2.05, 4.69) is 24.1 Å². The second-order valence-electron chi connectivity index (χ2n) is 5.04. The van der Waals surface area contributed by atoms with Gasteiger partial charge >= 0.3 is 0 Å². The molecule has 0 bridgehead atoms. The number of anilines is 2. The van der Waals surface area contributed by atoms with E-state index in [-0.39, 0.29) is 11.2 Å². The Morgan fingerprint density at radius 2 is 2.13 bits per heavy atom. The maximum Gasteiger partial charge on any atom is 0.125 e. The van der Waals surface area contributed by atoms with Crippen LogP contribution in [0.15, 0.2) is 18.2 Å². The predicted molar refractivity (Wildman–Crippen MR) is 61.9 cm³/mol. The molecule has 0 saturated heterocycles. The highest BCUT2D eigenvalue weighted by Crippen LogP contribution is 2.32. The fraction of sp³-hybridized carbons (Fsp3) is 0.500. The van der Waals surface area contributed by atoms with E-state index in [1.54, 1.807) is 6.07 Å². The van der Waals surface area contributed by atoms with Crippen LogP contribution >= 0.6 is 0 Å². The molecule has 1 aliphatic heterocycles.